The minimum atomic E-state index is -0.951. The highest BCUT2D eigenvalue weighted by atomic mass is 16.4. The summed E-state index contributed by atoms with van der Waals surface area (Å²) in [5, 5.41) is 17.3. The largest absolute Gasteiger partial charge is 0.481 e. The molecule has 0 aromatic heterocycles. The summed E-state index contributed by atoms with van der Waals surface area (Å²) < 4.78 is 0. The van der Waals surface area contributed by atoms with Crippen LogP contribution in [0.2, 0.25) is 0 Å². The molecule has 20 heavy (non-hydrogen) atoms. The number of hydrogen-bond acceptors (Lipinski definition) is 3. The van der Waals surface area contributed by atoms with Crippen molar-refractivity contribution in [3.05, 3.63) is 30.3 Å². The monoisotopic (exact) mass is 275 g/mol. The molecule has 0 spiro atoms. The number of carboxylic acids is 1. The van der Waals surface area contributed by atoms with Crippen LogP contribution in [0.25, 0.3) is 0 Å². The Bertz CT molecular complexity index is 496. The van der Waals surface area contributed by atoms with Gasteiger partial charge in [0.2, 0.25) is 0 Å². The highest BCUT2D eigenvalue weighted by molar-refractivity contribution is 5.92. The molecule has 106 valence electrons. The molecule has 0 bridgehead atoms. The topological polar surface area (TPSA) is 84.6 Å². The van der Waals surface area contributed by atoms with Crippen LogP contribution >= 0.6 is 0 Å². The lowest BCUT2D eigenvalue weighted by molar-refractivity contribution is -0.137. The number of nitriles is 1. The first-order valence-electron chi connectivity index (χ1n) is 6.22. The lowest BCUT2D eigenvalue weighted by Crippen LogP contribution is -2.42. The van der Waals surface area contributed by atoms with Crippen molar-refractivity contribution in [2.75, 3.05) is 25.0 Å². The summed E-state index contributed by atoms with van der Waals surface area (Å²) >= 11 is 0. The second-order valence-corrected chi connectivity index (χ2v) is 4.24. The normalized spacial score (nSPS) is 9.60. The van der Waals surface area contributed by atoms with E-state index >= 15 is 0 Å². The SMILES string of the molecule is CN(CCC(=O)O)C(=O)N(CCC#N)c1ccccc1. The predicted molar refractivity (Wildman–Crippen MR) is 74.3 cm³/mol. The second-order valence-electron chi connectivity index (χ2n) is 4.24. The summed E-state index contributed by atoms with van der Waals surface area (Å²) in [5.74, 6) is -0.951. The van der Waals surface area contributed by atoms with Gasteiger partial charge in [0.25, 0.3) is 0 Å². The predicted octanol–water partition coefficient (Wildman–Crippen LogP) is 1.93. The number of carbonyl (C=O) groups is 2. The first kappa shape index (κ1) is 15.5. The average molecular weight is 275 g/mol. The molecule has 0 saturated heterocycles. The Kier molecular flexibility index (Phi) is 6.04. The van der Waals surface area contributed by atoms with E-state index < -0.39 is 5.97 Å². The Morgan fingerprint density at radius 3 is 2.45 bits per heavy atom. The van der Waals surface area contributed by atoms with Gasteiger partial charge in [-0.2, -0.15) is 5.26 Å². The highest BCUT2D eigenvalue weighted by Gasteiger charge is 2.19. The van der Waals surface area contributed by atoms with Gasteiger partial charge in [-0.3, -0.25) is 9.69 Å². The van der Waals surface area contributed by atoms with Crippen molar-refractivity contribution in [3.8, 4) is 6.07 Å². The minimum absolute atomic E-state index is 0.108. The van der Waals surface area contributed by atoms with Crippen LogP contribution in [0.5, 0.6) is 0 Å². The molecule has 1 N–H and O–H groups in total. The van der Waals surface area contributed by atoms with Crippen LogP contribution in [-0.4, -0.2) is 42.1 Å². The van der Waals surface area contributed by atoms with Crippen molar-refractivity contribution in [2.45, 2.75) is 12.8 Å². The number of hydrogen-bond donors (Lipinski definition) is 1. The van der Waals surface area contributed by atoms with Gasteiger partial charge in [0, 0.05) is 25.8 Å². The third-order valence-corrected chi connectivity index (χ3v) is 2.73. The first-order chi connectivity index (χ1) is 9.56. The smallest absolute Gasteiger partial charge is 0.324 e. The van der Waals surface area contributed by atoms with E-state index in [4.69, 9.17) is 10.4 Å². The molecule has 2 amide bonds. The standard InChI is InChI=1S/C14H17N3O3/c1-16(11-8-13(18)19)14(20)17(10-5-9-15)12-6-3-2-4-7-12/h2-4,6-7H,5,8,10-11H2,1H3,(H,18,19). The van der Waals surface area contributed by atoms with Crippen LogP contribution in [0.3, 0.4) is 0 Å². The number of nitrogens with zero attached hydrogens (tertiary/aromatic N) is 3. The Morgan fingerprint density at radius 1 is 1.25 bits per heavy atom. The zero-order valence-corrected chi connectivity index (χ0v) is 11.3. The van der Waals surface area contributed by atoms with Crippen molar-refractivity contribution >= 4 is 17.7 Å². The molecule has 6 heteroatoms. The van der Waals surface area contributed by atoms with E-state index in [0.29, 0.717) is 5.69 Å². The van der Waals surface area contributed by atoms with E-state index in [1.165, 1.54) is 9.80 Å². The molecule has 0 radical (unpaired) electrons. The lowest BCUT2D eigenvalue weighted by Gasteiger charge is -2.27. The molecule has 0 atom stereocenters. The molecule has 0 unspecified atom stereocenters. The van der Waals surface area contributed by atoms with Gasteiger partial charge in [-0.1, -0.05) is 18.2 Å². The van der Waals surface area contributed by atoms with Crippen LogP contribution in [0, 0.1) is 11.3 Å². The summed E-state index contributed by atoms with van der Waals surface area (Å²) in [6.45, 7) is 0.404. The van der Waals surface area contributed by atoms with Crippen LogP contribution in [0.15, 0.2) is 30.3 Å². The Hall–Kier alpha value is -2.55. The number of aliphatic carboxylic acids is 1. The molecule has 0 saturated carbocycles. The van der Waals surface area contributed by atoms with E-state index in [2.05, 4.69) is 0 Å². The van der Waals surface area contributed by atoms with E-state index in [1.807, 2.05) is 12.1 Å². The molecule has 0 aliphatic carbocycles. The fourth-order valence-electron chi connectivity index (χ4n) is 1.67. The number of rotatable bonds is 6. The maximum Gasteiger partial charge on any atom is 0.324 e. The van der Waals surface area contributed by atoms with Gasteiger partial charge in [0.15, 0.2) is 0 Å². The molecule has 0 heterocycles. The maximum atomic E-state index is 12.3. The van der Waals surface area contributed by atoms with Crippen molar-refractivity contribution < 1.29 is 14.7 Å². The Balaban J connectivity index is 2.80. The summed E-state index contributed by atoms with van der Waals surface area (Å²) in [7, 11) is 1.55. The van der Waals surface area contributed by atoms with E-state index in [9.17, 15) is 9.59 Å². The van der Waals surface area contributed by atoms with E-state index in [-0.39, 0.29) is 32.0 Å². The number of benzene rings is 1. The third-order valence-electron chi connectivity index (χ3n) is 2.73. The number of para-hydroxylation sites is 1. The van der Waals surface area contributed by atoms with Gasteiger partial charge < -0.3 is 10.0 Å². The van der Waals surface area contributed by atoms with Crippen LogP contribution in [0.1, 0.15) is 12.8 Å². The van der Waals surface area contributed by atoms with Gasteiger partial charge in [0.05, 0.1) is 18.9 Å². The summed E-state index contributed by atoms with van der Waals surface area (Å²) in [6, 6.07) is 10.7. The van der Waals surface area contributed by atoms with E-state index in [0.717, 1.165) is 0 Å². The zero-order valence-electron chi connectivity index (χ0n) is 11.3. The Morgan fingerprint density at radius 2 is 1.90 bits per heavy atom. The fourth-order valence-corrected chi connectivity index (χ4v) is 1.67. The first-order valence-corrected chi connectivity index (χ1v) is 6.22. The van der Waals surface area contributed by atoms with E-state index in [1.54, 1.807) is 31.3 Å². The quantitative estimate of drug-likeness (QED) is 0.859. The van der Waals surface area contributed by atoms with Gasteiger partial charge in [-0.25, -0.2) is 4.79 Å². The summed E-state index contributed by atoms with van der Waals surface area (Å²) in [4.78, 5) is 25.7. The molecule has 1 aromatic carbocycles. The second kappa shape index (κ2) is 7.79. The fraction of sp³-hybridized carbons (Fsp3) is 0.357. The molecule has 0 fully saturated rings. The van der Waals surface area contributed by atoms with Gasteiger partial charge >= 0.3 is 12.0 Å². The molecule has 1 aromatic rings. The van der Waals surface area contributed by atoms with Gasteiger partial charge in [-0.15, -0.1) is 0 Å². The van der Waals surface area contributed by atoms with Crippen molar-refractivity contribution in [1.82, 2.24) is 4.90 Å². The number of urea groups is 1. The van der Waals surface area contributed by atoms with Gasteiger partial charge in [0.1, 0.15) is 0 Å². The molecular weight excluding hydrogens is 258 g/mol. The van der Waals surface area contributed by atoms with Crippen molar-refractivity contribution in [1.29, 1.82) is 5.26 Å². The molecule has 0 aliphatic rings. The Labute approximate surface area is 117 Å². The van der Waals surface area contributed by atoms with Crippen LogP contribution in [0.4, 0.5) is 10.5 Å². The molecule has 0 aliphatic heterocycles. The maximum absolute atomic E-state index is 12.3. The van der Waals surface area contributed by atoms with Gasteiger partial charge in [-0.05, 0) is 12.1 Å². The molecule has 1 rings (SSSR count). The third kappa shape index (κ3) is 4.61. The van der Waals surface area contributed by atoms with Crippen LogP contribution < -0.4 is 4.90 Å². The molecule has 6 nitrogen and oxygen atoms in total. The minimum Gasteiger partial charge on any atom is -0.481 e. The summed E-state index contributed by atoms with van der Waals surface area (Å²) in [5.41, 5.74) is 0.690. The molecular formula is C14H17N3O3. The van der Waals surface area contributed by atoms with Crippen molar-refractivity contribution in [2.24, 2.45) is 0 Å². The average Bonchev–Trinajstić information content (AvgIpc) is 2.46. The number of carbonyl (C=O) groups excluding carboxylic acids is 1. The van der Waals surface area contributed by atoms with Crippen LogP contribution in [-0.2, 0) is 4.79 Å². The number of carboxylic acid groups (broad SMARTS) is 1. The lowest BCUT2D eigenvalue weighted by atomic mass is 10.2. The summed E-state index contributed by atoms with van der Waals surface area (Å²) in [6.07, 6.45) is 0.108. The number of anilines is 1. The zero-order chi connectivity index (χ0) is 15.0. The highest BCUT2D eigenvalue weighted by Crippen LogP contribution is 2.15. The number of amides is 2. The van der Waals surface area contributed by atoms with Crippen molar-refractivity contribution in [3.63, 3.8) is 0 Å².